The molecule has 4 rings (SSSR count). The van der Waals surface area contributed by atoms with Crippen LogP contribution < -0.4 is 29.1 Å². The molecule has 1 unspecified atom stereocenters. The number of hydrogen-bond donors (Lipinski definition) is 1. The number of hydrogen-bond acceptors (Lipinski definition) is 9. The summed E-state index contributed by atoms with van der Waals surface area (Å²) in [6.07, 6.45) is 1.68. The van der Waals surface area contributed by atoms with E-state index in [1.807, 2.05) is 25.1 Å². The minimum absolute atomic E-state index is 0.174. The number of aromatic nitrogens is 1. The van der Waals surface area contributed by atoms with Gasteiger partial charge in [-0.05, 0) is 50.6 Å². The molecule has 39 heavy (non-hydrogen) atoms. The molecular formula is C28H28N2O8S. The van der Waals surface area contributed by atoms with Crippen LogP contribution in [0.1, 0.15) is 37.9 Å². The second kappa shape index (κ2) is 12.0. The van der Waals surface area contributed by atoms with Gasteiger partial charge >= 0.3 is 11.9 Å². The van der Waals surface area contributed by atoms with Crippen LogP contribution in [0.3, 0.4) is 0 Å². The molecule has 0 spiro atoms. The van der Waals surface area contributed by atoms with Crippen LogP contribution in [0.5, 0.6) is 17.2 Å². The summed E-state index contributed by atoms with van der Waals surface area (Å²) < 4.78 is 23.7. The van der Waals surface area contributed by atoms with Gasteiger partial charge in [0.2, 0.25) is 0 Å². The Morgan fingerprint density at radius 1 is 1.08 bits per heavy atom. The first-order chi connectivity index (χ1) is 18.8. The molecule has 0 saturated heterocycles. The van der Waals surface area contributed by atoms with Crippen molar-refractivity contribution >= 4 is 29.4 Å². The Labute approximate surface area is 228 Å². The van der Waals surface area contributed by atoms with Crippen LogP contribution in [0, 0.1) is 0 Å². The Morgan fingerprint density at radius 2 is 1.85 bits per heavy atom. The third kappa shape index (κ3) is 5.73. The summed E-state index contributed by atoms with van der Waals surface area (Å²) in [5.74, 6) is -0.522. The van der Waals surface area contributed by atoms with E-state index in [-0.39, 0.29) is 23.5 Å². The number of methoxy groups -OCH3 is 1. The summed E-state index contributed by atoms with van der Waals surface area (Å²) in [6.45, 7) is 5.37. The van der Waals surface area contributed by atoms with E-state index in [0.717, 1.165) is 0 Å². The van der Waals surface area contributed by atoms with Crippen molar-refractivity contribution < 1.29 is 33.6 Å². The maximum Gasteiger partial charge on any atom is 0.341 e. The van der Waals surface area contributed by atoms with Crippen LogP contribution in [0.15, 0.2) is 63.5 Å². The van der Waals surface area contributed by atoms with E-state index in [1.165, 1.54) is 23.0 Å². The zero-order valence-corrected chi connectivity index (χ0v) is 22.7. The predicted octanol–water partition coefficient (Wildman–Crippen LogP) is 2.67. The number of allylic oxidation sites excluding steroid dienone is 1. The number of carbonyl (C=O) groups excluding carboxylic acids is 1. The summed E-state index contributed by atoms with van der Waals surface area (Å²) in [7, 11) is 1.44. The highest BCUT2D eigenvalue weighted by atomic mass is 32.1. The van der Waals surface area contributed by atoms with Gasteiger partial charge in [-0.1, -0.05) is 35.6 Å². The van der Waals surface area contributed by atoms with Crippen molar-refractivity contribution in [2.24, 2.45) is 4.99 Å². The van der Waals surface area contributed by atoms with Crippen LogP contribution in [-0.2, 0) is 14.3 Å². The number of ether oxygens (including phenoxy) is 4. The first kappa shape index (κ1) is 27.6. The minimum atomic E-state index is -1.11. The van der Waals surface area contributed by atoms with Crippen molar-refractivity contribution in [3.8, 4) is 17.2 Å². The summed E-state index contributed by atoms with van der Waals surface area (Å²) in [6, 6.07) is 11.4. The van der Waals surface area contributed by atoms with Gasteiger partial charge in [0.15, 0.2) is 22.9 Å². The van der Waals surface area contributed by atoms with Crippen LogP contribution in [0.2, 0.25) is 0 Å². The predicted molar refractivity (Wildman–Crippen MR) is 144 cm³/mol. The molecule has 1 N–H and O–H groups in total. The SMILES string of the molecule is CCOC(=O)C1=C(C)N=c2sc(=Cc3ccc(OCC(=O)O)c(OC)c3)c(=O)n2C1c1ccccc1OCC. The van der Waals surface area contributed by atoms with Crippen LogP contribution in [0.4, 0.5) is 0 Å². The number of carbonyl (C=O) groups is 2. The van der Waals surface area contributed by atoms with Gasteiger partial charge in [-0.3, -0.25) is 9.36 Å². The lowest BCUT2D eigenvalue weighted by Gasteiger charge is -2.26. The molecule has 10 nitrogen and oxygen atoms in total. The molecule has 2 aromatic carbocycles. The molecular weight excluding hydrogens is 524 g/mol. The first-order valence-electron chi connectivity index (χ1n) is 12.2. The molecule has 0 aliphatic carbocycles. The Hall–Kier alpha value is -4.38. The van der Waals surface area contributed by atoms with Crippen molar-refractivity contribution in [2.45, 2.75) is 26.8 Å². The summed E-state index contributed by atoms with van der Waals surface area (Å²) in [4.78, 5) is 42.9. The molecule has 2 heterocycles. The lowest BCUT2D eigenvalue weighted by Crippen LogP contribution is -2.40. The number of aliphatic carboxylic acids is 1. The Bertz CT molecular complexity index is 1620. The number of nitrogens with zero attached hydrogens (tertiary/aromatic N) is 2. The molecule has 0 fully saturated rings. The fraction of sp³-hybridized carbons (Fsp3) is 0.286. The van der Waals surface area contributed by atoms with Gasteiger partial charge in [-0.15, -0.1) is 0 Å². The number of thiazole rings is 1. The van der Waals surface area contributed by atoms with E-state index in [0.29, 0.717) is 44.3 Å². The minimum Gasteiger partial charge on any atom is -0.494 e. The Kier molecular flexibility index (Phi) is 8.50. The van der Waals surface area contributed by atoms with Crippen LogP contribution in [-0.4, -0.2) is 48.5 Å². The fourth-order valence-corrected chi connectivity index (χ4v) is 5.31. The fourth-order valence-electron chi connectivity index (χ4n) is 4.26. The van der Waals surface area contributed by atoms with Gasteiger partial charge in [-0.25, -0.2) is 14.6 Å². The number of carboxylic acids is 1. The van der Waals surface area contributed by atoms with E-state index >= 15 is 0 Å². The van der Waals surface area contributed by atoms with Gasteiger partial charge in [-0.2, -0.15) is 0 Å². The average molecular weight is 553 g/mol. The molecule has 1 aliphatic rings. The van der Waals surface area contributed by atoms with E-state index in [4.69, 9.17) is 24.1 Å². The third-order valence-electron chi connectivity index (χ3n) is 5.87. The number of esters is 1. The van der Waals surface area contributed by atoms with Crippen LogP contribution >= 0.6 is 11.3 Å². The number of fused-ring (bicyclic) bond motifs is 1. The third-order valence-corrected chi connectivity index (χ3v) is 6.85. The van der Waals surface area contributed by atoms with Crippen molar-refractivity contribution in [2.75, 3.05) is 26.9 Å². The Balaban J connectivity index is 1.88. The first-order valence-corrected chi connectivity index (χ1v) is 13.0. The molecule has 1 aliphatic heterocycles. The maximum absolute atomic E-state index is 13.8. The summed E-state index contributed by atoms with van der Waals surface area (Å²) >= 11 is 1.19. The van der Waals surface area contributed by atoms with Gasteiger partial charge in [0, 0.05) is 5.56 Å². The second-order valence-corrected chi connectivity index (χ2v) is 9.37. The molecule has 0 radical (unpaired) electrons. The summed E-state index contributed by atoms with van der Waals surface area (Å²) in [5, 5.41) is 8.89. The van der Waals surface area contributed by atoms with Crippen molar-refractivity contribution in [3.05, 3.63) is 84.5 Å². The quantitative estimate of drug-likeness (QED) is 0.381. The lowest BCUT2D eigenvalue weighted by atomic mass is 9.95. The molecule has 1 atom stereocenters. The topological polar surface area (TPSA) is 126 Å². The number of para-hydroxylation sites is 1. The highest BCUT2D eigenvalue weighted by Crippen LogP contribution is 2.36. The molecule has 0 amide bonds. The normalized spacial score (nSPS) is 14.9. The van der Waals surface area contributed by atoms with Crippen molar-refractivity contribution in [1.82, 2.24) is 4.57 Å². The van der Waals surface area contributed by atoms with Gasteiger partial charge in [0.25, 0.3) is 5.56 Å². The molecule has 0 bridgehead atoms. The molecule has 3 aromatic rings. The van der Waals surface area contributed by atoms with E-state index in [2.05, 4.69) is 4.99 Å². The standard InChI is InChI=1S/C28H28N2O8S/c1-5-36-19-10-8-7-9-18(19)25-24(27(34)37-6-2)16(3)29-28-30(25)26(33)22(39-28)14-17-11-12-20(21(13-17)35-4)38-15-23(31)32/h7-14,25H,5-6,15H2,1-4H3,(H,31,32). The Morgan fingerprint density at radius 3 is 2.54 bits per heavy atom. The molecule has 204 valence electrons. The lowest BCUT2D eigenvalue weighted by molar-refractivity contribution is -0.140. The van der Waals surface area contributed by atoms with E-state index in [9.17, 15) is 14.4 Å². The zero-order valence-electron chi connectivity index (χ0n) is 21.9. The van der Waals surface area contributed by atoms with Crippen molar-refractivity contribution in [1.29, 1.82) is 0 Å². The van der Waals surface area contributed by atoms with Gasteiger partial charge < -0.3 is 24.1 Å². The maximum atomic E-state index is 13.8. The van der Waals surface area contributed by atoms with Gasteiger partial charge in [0.1, 0.15) is 11.8 Å². The van der Waals surface area contributed by atoms with E-state index in [1.54, 1.807) is 44.2 Å². The largest absolute Gasteiger partial charge is 0.494 e. The van der Waals surface area contributed by atoms with Crippen LogP contribution in [0.25, 0.3) is 6.08 Å². The number of carboxylic acid groups (broad SMARTS) is 1. The number of rotatable bonds is 10. The average Bonchev–Trinajstić information content (AvgIpc) is 3.21. The smallest absolute Gasteiger partial charge is 0.341 e. The number of benzene rings is 2. The van der Waals surface area contributed by atoms with Gasteiger partial charge in [0.05, 0.1) is 36.1 Å². The highest BCUT2D eigenvalue weighted by molar-refractivity contribution is 7.07. The van der Waals surface area contributed by atoms with Crippen molar-refractivity contribution in [3.63, 3.8) is 0 Å². The highest BCUT2D eigenvalue weighted by Gasteiger charge is 2.35. The molecule has 1 aromatic heterocycles. The molecule has 0 saturated carbocycles. The summed E-state index contributed by atoms with van der Waals surface area (Å²) in [5.41, 5.74) is 1.66. The van der Waals surface area contributed by atoms with E-state index < -0.39 is 24.6 Å². The zero-order chi connectivity index (χ0) is 28.1. The molecule has 11 heteroatoms. The second-order valence-electron chi connectivity index (χ2n) is 8.37. The monoisotopic (exact) mass is 552 g/mol.